The molecule has 2 amide bonds. The molecule has 3 N–H and O–H groups in total. The van der Waals surface area contributed by atoms with E-state index in [1.165, 1.54) is 17.0 Å². The minimum absolute atomic E-state index is 0.00357. The summed E-state index contributed by atoms with van der Waals surface area (Å²) in [4.78, 5) is 41.8. The molecule has 182 valence electrons. The maximum absolute atomic E-state index is 15.1. The van der Waals surface area contributed by atoms with Crippen molar-refractivity contribution in [2.75, 3.05) is 18.4 Å². The quantitative estimate of drug-likeness (QED) is 0.382. The highest BCUT2D eigenvalue weighted by Crippen LogP contribution is 2.43. The number of carbonyl (C=O) groups excluding carboxylic acids is 2. The maximum Gasteiger partial charge on any atom is 0.261 e. The first kappa shape index (κ1) is 24.6. The number of fused-ring (bicyclic) bond motifs is 1. The Bertz CT molecular complexity index is 1440. The van der Waals surface area contributed by atoms with Crippen LogP contribution in [0.15, 0.2) is 48.0 Å². The molecule has 0 saturated carbocycles. The number of nitrogens with zero attached hydrogens (tertiary/aromatic N) is 3. The van der Waals surface area contributed by atoms with E-state index in [4.69, 9.17) is 28.9 Å². The van der Waals surface area contributed by atoms with Crippen LogP contribution in [-0.4, -0.2) is 39.4 Å². The van der Waals surface area contributed by atoms with Gasteiger partial charge in [-0.3, -0.25) is 19.0 Å². The van der Waals surface area contributed by atoms with E-state index in [9.17, 15) is 18.8 Å². The molecular weight excluding hydrogens is 503 g/mol. The summed E-state index contributed by atoms with van der Waals surface area (Å²) in [6.45, 7) is 3.24. The lowest BCUT2D eigenvalue weighted by Gasteiger charge is -2.33. The number of carbonyl (C=O) groups is 2. The van der Waals surface area contributed by atoms with E-state index >= 15 is 4.39 Å². The number of anilines is 1. The lowest BCUT2D eigenvalue weighted by Crippen LogP contribution is -2.41. The zero-order valence-corrected chi connectivity index (χ0v) is 19.7. The van der Waals surface area contributed by atoms with E-state index in [0.717, 1.165) is 29.1 Å². The third kappa shape index (κ3) is 4.46. The highest BCUT2D eigenvalue weighted by Gasteiger charge is 2.44. The van der Waals surface area contributed by atoms with Gasteiger partial charge in [-0.2, -0.15) is 0 Å². The van der Waals surface area contributed by atoms with E-state index in [1.54, 1.807) is 0 Å². The molecule has 0 spiro atoms. The van der Waals surface area contributed by atoms with Crippen molar-refractivity contribution in [2.45, 2.75) is 18.5 Å². The minimum Gasteiger partial charge on any atom is -0.373 e. The number of hydrogen-bond acceptors (Lipinski definition) is 5. The highest BCUT2D eigenvalue weighted by molar-refractivity contribution is 6.42. The van der Waals surface area contributed by atoms with Crippen molar-refractivity contribution in [1.29, 1.82) is 0 Å². The van der Waals surface area contributed by atoms with Crippen molar-refractivity contribution in [3.05, 3.63) is 80.8 Å². The summed E-state index contributed by atoms with van der Waals surface area (Å²) in [6.07, 6.45) is 2.36. The smallest absolute Gasteiger partial charge is 0.261 e. The molecule has 1 saturated heterocycles. The Kier molecular flexibility index (Phi) is 6.52. The number of aromatic nitrogens is 2. The summed E-state index contributed by atoms with van der Waals surface area (Å²) in [5.74, 6) is -2.65. The van der Waals surface area contributed by atoms with E-state index in [0.29, 0.717) is 0 Å². The summed E-state index contributed by atoms with van der Waals surface area (Å²) in [5, 5.41) is 3.01. The number of primary amides is 1. The Morgan fingerprint density at radius 1 is 1.26 bits per heavy atom. The fourth-order valence-corrected chi connectivity index (χ4v) is 4.81. The zero-order valence-electron chi connectivity index (χ0n) is 18.2. The van der Waals surface area contributed by atoms with Gasteiger partial charge in [0, 0.05) is 24.3 Å². The Hall–Kier alpha value is -3.50. The van der Waals surface area contributed by atoms with Gasteiger partial charge in [-0.05, 0) is 36.8 Å². The molecule has 3 aromatic rings. The van der Waals surface area contributed by atoms with Crippen LogP contribution in [0.5, 0.6) is 0 Å². The van der Waals surface area contributed by atoms with Crippen LogP contribution in [0.2, 0.25) is 10.0 Å². The second-order valence-electron chi connectivity index (χ2n) is 8.14. The zero-order chi connectivity index (χ0) is 25.5. The molecule has 2 heterocycles. The van der Waals surface area contributed by atoms with Gasteiger partial charge < -0.3 is 16.0 Å². The number of rotatable bonds is 6. The molecule has 1 unspecified atom stereocenters. The lowest BCUT2D eigenvalue weighted by atomic mass is 9.87. The second-order valence-corrected chi connectivity index (χ2v) is 8.92. The number of hydrogen-bond donors (Lipinski definition) is 2. The van der Waals surface area contributed by atoms with Gasteiger partial charge in [0.15, 0.2) is 5.82 Å². The van der Waals surface area contributed by atoms with Crippen LogP contribution in [0.3, 0.4) is 0 Å². The van der Waals surface area contributed by atoms with Crippen LogP contribution in [0.4, 0.5) is 14.5 Å². The van der Waals surface area contributed by atoms with Crippen LogP contribution in [0, 0.1) is 11.6 Å². The Morgan fingerprint density at radius 2 is 2.00 bits per heavy atom. The first-order valence-corrected chi connectivity index (χ1v) is 11.1. The van der Waals surface area contributed by atoms with Gasteiger partial charge in [0.1, 0.15) is 17.9 Å². The second kappa shape index (κ2) is 9.27. The molecule has 1 fully saturated rings. The molecule has 2 aromatic carbocycles. The summed E-state index contributed by atoms with van der Waals surface area (Å²) in [5.41, 5.74) is 3.07. The molecule has 0 radical (unpaired) electrons. The fourth-order valence-electron chi connectivity index (χ4n) is 4.32. The monoisotopic (exact) mass is 521 g/mol. The van der Waals surface area contributed by atoms with E-state index in [1.807, 2.05) is 0 Å². The van der Waals surface area contributed by atoms with E-state index in [2.05, 4.69) is 16.9 Å². The largest absolute Gasteiger partial charge is 0.373 e. The van der Waals surface area contributed by atoms with Crippen LogP contribution in [0.25, 0.3) is 10.9 Å². The summed E-state index contributed by atoms with van der Waals surface area (Å²) >= 11 is 12.6. The van der Waals surface area contributed by atoms with Crippen molar-refractivity contribution < 1.29 is 18.4 Å². The van der Waals surface area contributed by atoms with Crippen molar-refractivity contribution in [3.63, 3.8) is 0 Å². The molecule has 1 aromatic heterocycles. The summed E-state index contributed by atoms with van der Waals surface area (Å²) in [7, 11) is 0. The first-order valence-electron chi connectivity index (χ1n) is 10.4. The molecule has 4 rings (SSSR count). The fraction of sp³-hybridized carbons (Fsp3) is 0.217. The van der Waals surface area contributed by atoms with Gasteiger partial charge in [0.05, 0.1) is 27.3 Å². The number of benzene rings is 2. The molecule has 35 heavy (non-hydrogen) atoms. The molecule has 1 aliphatic heterocycles. The van der Waals surface area contributed by atoms with Gasteiger partial charge in [-0.25, -0.2) is 13.8 Å². The molecule has 1 aliphatic rings. The predicted molar refractivity (Wildman–Crippen MR) is 128 cm³/mol. The van der Waals surface area contributed by atoms with Gasteiger partial charge >= 0.3 is 0 Å². The normalized spacial score (nSPS) is 17.5. The van der Waals surface area contributed by atoms with Crippen molar-refractivity contribution in [1.82, 2.24) is 14.5 Å². The standard InChI is InChI=1S/C23H19Cl2F2N5O3/c1-2-18(34)31-6-5-23(10-31,19-15(26)4-3-14(24)20(19)25)30-12-7-13-21(16(27)8-12)29-11-32(22(13)35)9-17(28)33/h2-4,7-8,11,30H,1,5-6,9-10H2,(H2,28,33). The van der Waals surface area contributed by atoms with Crippen LogP contribution >= 0.6 is 23.2 Å². The molecule has 8 nitrogen and oxygen atoms in total. The number of nitrogens with two attached hydrogens (primary N) is 1. The van der Waals surface area contributed by atoms with Crippen LogP contribution in [-0.2, 0) is 21.7 Å². The highest BCUT2D eigenvalue weighted by atomic mass is 35.5. The molecular formula is C23H19Cl2F2N5O3. The van der Waals surface area contributed by atoms with Crippen molar-refractivity contribution in [2.24, 2.45) is 5.73 Å². The molecule has 1 atom stereocenters. The van der Waals surface area contributed by atoms with Crippen LogP contribution < -0.4 is 16.6 Å². The summed E-state index contributed by atoms with van der Waals surface area (Å²) < 4.78 is 31.0. The maximum atomic E-state index is 15.1. The summed E-state index contributed by atoms with van der Waals surface area (Å²) in [6, 6.07) is 4.89. The molecule has 12 heteroatoms. The molecule has 0 bridgehead atoms. The predicted octanol–water partition coefficient (Wildman–Crippen LogP) is 3.19. The number of nitrogens with one attached hydrogen (secondary N) is 1. The van der Waals surface area contributed by atoms with Crippen molar-refractivity contribution >= 4 is 51.6 Å². The number of amides is 2. The number of likely N-dealkylation sites (tertiary alicyclic amines) is 1. The third-order valence-corrected chi connectivity index (χ3v) is 6.67. The average molecular weight is 522 g/mol. The van der Waals surface area contributed by atoms with E-state index in [-0.39, 0.29) is 57.6 Å². The van der Waals surface area contributed by atoms with Crippen molar-refractivity contribution in [3.8, 4) is 0 Å². The lowest BCUT2D eigenvalue weighted by molar-refractivity contribution is -0.125. The minimum atomic E-state index is -1.31. The van der Waals surface area contributed by atoms with Gasteiger partial charge in [0.2, 0.25) is 11.8 Å². The Balaban J connectivity index is 1.87. The number of halogens is 4. The van der Waals surface area contributed by atoms with Gasteiger partial charge in [0.25, 0.3) is 5.56 Å². The van der Waals surface area contributed by atoms with Gasteiger partial charge in [-0.15, -0.1) is 0 Å². The van der Waals surface area contributed by atoms with Crippen LogP contribution in [0.1, 0.15) is 12.0 Å². The molecule has 0 aliphatic carbocycles. The Labute approximate surface area is 207 Å². The van der Waals surface area contributed by atoms with Gasteiger partial charge in [-0.1, -0.05) is 29.8 Å². The first-order chi connectivity index (χ1) is 16.6. The third-order valence-electron chi connectivity index (χ3n) is 5.87. The topological polar surface area (TPSA) is 110 Å². The SMILES string of the molecule is C=CC(=O)N1CCC(Nc2cc(F)c3ncn(CC(N)=O)c(=O)c3c2)(c2c(F)ccc(Cl)c2Cl)C1. The Morgan fingerprint density at radius 3 is 2.69 bits per heavy atom. The van der Waals surface area contributed by atoms with E-state index < -0.39 is 35.2 Å². The average Bonchev–Trinajstić information content (AvgIpc) is 3.22.